The Balaban J connectivity index is 1.62. The molecule has 30 heavy (non-hydrogen) atoms. The van der Waals surface area contributed by atoms with Crippen LogP contribution in [-0.2, 0) is 6.54 Å². The van der Waals surface area contributed by atoms with E-state index in [4.69, 9.17) is 0 Å². The Hall–Kier alpha value is -3.13. The van der Waals surface area contributed by atoms with Gasteiger partial charge in [-0.05, 0) is 45.2 Å². The highest BCUT2D eigenvalue weighted by Crippen LogP contribution is 2.19. The molecule has 0 bridgehead atoms. The van der Waals surface area contributed by atoms with Gasteiger partial charge in [0.2, 0.25) is 0 Å². The number of rotatable bonds is 6. The highest BCUT2D eigenvalue weighted by Gasteiger charge is 2.18. The summed E-state index contributed by atoms with van der Waals surface area (Å²) in [5.74, 6) is 0.725. The van der Waals surface area contributed by atoms with Crippen molar-refractivity contribution in [2.24, 2.45) is 0 Å². The molecule has 1 aromatic heterocycles. The molecule has 2 aromatic rings. The number of piperazine rings is 1. The maximum Gasteiger partial charge on any atom is 0.319 e. The molecule has 3 N–H and O–H groups in total. The van der Waals surface area contributed by atoms with Gasteiger partial charge in [0.1, 0.15) is 5.82 Å². The third-order valence-electron chi connectivity index (χ3n) is 4.91. The number of aromatic nitrogens is 1. The highest BCUT2D eigenvalue weighted by atomic mass is 16.2. The fraction of sp³-hybridized carbons (Fsp3) is 0.409. The molecule has 1 aliphatic rings. The molecule has 1 aromatic carbocycles. The molecule has 3 rings (SSSR count). The van der Waals surface area contributed by atoms with E-state index in [1.165, 1.54) is 0 Å². The van der Waals surface area contributed by atoms with Gasteiger partial charge in [-0.3, -0.25) is 4.79 Å². The third-order valence-corrected chi connectivity index (χ3v) is 4.91. The second-order valence-electron chi connectivity index (χ2n) is 7.79. The van der Waals surface area contributed by atoms with E-state index in [9.17, 15) is 9.59 Å². The van der Waals surface area contributed by atoms with Crippen LogP contribution in [-0.4, -0.2) is 61.1 Å². The monoisotopic (exact) mass is 410 g/mol. The number of benzene rings is 1. The van der Waals surface area contributed by atoms with E-state index in [0.29, 0.717) is 17.8 Å². The van der Waals surface area contributed by atoms with Crippen LogP contribution < -0.4 is 20.9 Å². The first-order valence-electron chi connectivity index (χ1n) is 10.3. The van der Waals surface area contributed by atoms with Crippen LogP contribution in [0.5, 0.6) is 0 Å². The molecule has 8 nitrogen and oxygen atoms in total. The molecule has 0 aliphatic carbocycles. The Morgan fingerprint density at radius 1 is 1.10 bits per heavy atom. The van der Waals surface area contributed by atoms with Gasteiger partial charge in [-0.15, -0.1) is 0 Å². The molecule has 0 atom stereocenters. The first-order chi connectivity index (χ1) is 14.4. The minimum atomic E-state index is -0.297. The molecule has 0 saturated carbocycles. The van der Waals surface area contributed by atoms with Crippen molar-refractivity contribution in [1.29, 1.82) is 0 Å². The molecule has 8 heteroatoms. The van der Waals surface area contributed by atoms with Crippen LogP contribution in [0.1, 0.15) is 29.8 Å². The third kappa shape index (κ3) is 5.93. The number of pyridine rings is 1. The van der Waals surface area contributed by atoms with Crippen molar-refractivity contribution < 1.29 is 9.59 Å². The van der Waals surface area contributed by atoms with Crippen molar-refractivity contribution in [3.05, 3.63) is 53.7 Å². The number of nitrogens with one attached hydrogen (secondary N) is 3. The topological polar surface area (TPSA) is 89.6 Å². The minimum Gasteiger partial charge on any atom is -0.354 e. The second-order valence-corrected chi connectivity index (χ2v) is 7.79. The van der Waals surface area contributed by atoms with Gasteiger partial charge >= 0.3 is 6.03 Å². The predicted octanol–water partition coefficient (Wildman–Crippen LogP) is 2.29. The number of amides is 3. The Labute approximate surface area is 177 Å². The van der Waals surface area contributed by atoms with E-state index in [1.54, 1.807) is 30.5 Å². The predicted molar refractivity (Wildman–Crippen MR) is 119 cm³/mol. The van der Waals surface area contributed by atoms with Gasteiger partial charge < -0.3 is 25.8 Å². The lowest BCUT2D eigenvalue weighted by Crippen LogP contribution is -2.45. The number of hydrogen-bond acceptors (Lipinski definition) is 5. The van der Waals surface area contributed by atoms with Crippen LogP contribution in [0, 0.1) is 0 Å². The first kappa shape index (κ1) is 21.6. The Bertz CT molecular complexity index is 877. The van der Waals surface area contributed by atoms with Crippen LogP contribution in [0.2, 0.25) is 0 Å². The highest BCUT2D eigenvalue weighted by molar-refractivity contribution is 5.96. The summed E-state index contributed by atoms with van der Waals surface area (Å²) in [5, 5.41) is 8.48. The molecule has 160 valence electrons. The molecular weight excluding hydrogens is 380 g/mol. The molecule has 0 radical (unpaired) electrons. The van der Waals surface area contributed by atoms with Crippen LogP contribution in [0.3, 0.4) is 0 Å². The average molecular weight is 411 g/mol. The Kier molecular flexibility index (Phi) is 7.24. The number of likely N-dealkylation sites (N-methyl/N-ethyl adjacent to an activating group) is 1. The average Bonchev–Trinajstić information content (AvgIpc) is 2.72. The van der Waals surface area contributed by atoms with Crippen LogP contribution in [0.4, 0.5) is 16.3 Å². The number of carbonyl (C=O) groups excluding carboxylic acids is 2. The van der Waals surface area contributed by atoms with Crippen molar-refractivity contribution in [2.75, 3.05) is 43.4 Å². The summed E-state index contributed by atoms with van der Waals surface area (Å²) in [6.45, 7) is 7.98. The van der Waals surface area contributed by atoms with E-state index < -0.39 is 0 Å². The summed E-state index contributed by atoms with van der Waals surface area (Å²) in [7, 11) is 2.12. The molecule has 2 heterocycles. The summed E-state index contributed by atoms with van der Waals surface area (Å²) in [6.07, 6.45) is 1.79. The number of carbonyl (C=O) groups is 2. The van der Waals surface area contributed by atoms with E-state index in [0.717, 1.165) is 37.6 Å². The maximum absolute atomic E-state index is 12.7. The lowest BCUT2D eigenvalue weighted by molar-refractivity contribution is 0.0951. The molecule has 1 aliphatic heterocycles. The zero-order valence-electron chi connectivity index (χ0n) is 17.8. The summed E-state index contributed by atoms with van der Waals surface area (Å²) >= 11 is 0. The van der Waals surface area contributed by atoms with Gasteiger partial charge in [-0.25, -0.2) is 9.78 Å². The molecule has 0 spiro atoms. The molecule has 1 fully saturated rings. The maximum atomic E-state index is 12.7. The van der Waals surface area contributed by atoms with Gasteiger partial charge in [0, 0.05) is 61.8 Å². The van der Waals surface area contributed by atoms with E-state index >= 15 is 0 Å². The van der Waals surface area contributed by atoms with E-state index in [-0.39, 0.29) is 18.0 Å². The summed E-state index contributed by atoms with van der Waals surface area (Å²) in [6, 6.07) is 10.5. The standard InChI is InChI=1S/C22H30N6O2/c1-16(2)25-22(30)26-19-8-4-6-17(14-19)21(29)24-15-18-7-5-9-23-20(18)28-12-10-27(3)11-13-28/h4-9,14,16H,10-13,15H2,1-3H3,(H,24,29)(H2,25,26,30). The summed E-state index contributed by atoms with van der Waals surface area (Å²) in [5.41, 5.74) is 2.05. The van der Waals surface area contributed by atoms with Gasteiger partial charge in [0.25, 0.3) is 5.91 Å². The van der Waals surface area contributed by atoms with Crippen molar-refractivity contribution in [2.45, 2.75) is 26.4 Å². The number of nitrogens with zero attached hydrogens (tertiary/aromatic N) is 3. The molecule has 1 saturated heterocycles. The fourth-order valence-electron chi connectivity index (χ4n) is 3.32. The summed E-state index contributed by atoms with van der Waals surface area (Å²) in [4.78, 5) is 33.7. The van der Waals surface area contributed by atoms with E-state index in [2.05, 4.69) is 37.8 Å². The number of anilines is 2. The van der Waals surface area contributed by atoms with Gasteiger partial charge in [-0.2, -0.15) is 0 Å². The van der Waals surface area contributed by atoms with Gasteiger partial charge in [0.15, 0.2) is 0 Å². The molecule has 3 amide bonds. The van der Waals surface area contributed by atoms with E-state index in [1.807, 2.05) is 26.0 Å². The fourth-order valence-corrected chi connectivity index (χ4v) is 3.32. The quantitative estimate of drug-likeness (QED) is 0.680. The molecule has 0 unspecified atom stereocenters. The summed E-state index contributed by atoms with van der Waals surface area (Å²) < 4.78 is 0. The SMILES string of the molecule is CC(C)NC(=O)Nc1cccc(C(=O)NCc2cccnc2N2CCN(C)CC2)c1. The lowest BCUT2D eigenvalue weighted by atomic mass is 10.1. The van der Waals surface area contributed by atoms with Crippen molar-refractivity contribution in [3.63, 3.8) is 0 Å². The zero-order valence-corrected chi connectivity index (χ0v) is 17.8. The normalized spacial score (nSPS) is 14.5. The zero-order chi connectivity index (χ0) is 21.5. The largest absolute Gasteiger partial charge is 0.354 e. The van der Waals surface area contributed by atoms with Crippen LogP contribution in [0.25, 0.3) is 0 Å². The van der Waals surface area contributed by atoms with Crippen LogP contribution in [0.15, 0.2) is 42.6 Å². The molecular formula is C22H30N6O2. The second kappa shape index (κ2) is 10.1. The van der Waals surface area contributed by atoms with Gasteiger partial charge in [-0.1, -0.05) is 12.1 Å². The smallest absolute Gasteiger partial charge is 0.319 e. The van der Waals surface area contributed by atoms with Crippen molar-refractivity contribution in [3.8, 4) is 0 Å². The minimum absolute atomic E-state index is 0.0328. The number of urea groups is 1. The van der Waals surface area contributed by atoms with Gasteiger partial charge in [0.05, 0.1) is 0 Å². The van der Waals surface area contributed by atoms with Crippen molar-refractivity contribution >= 4 is 23.4 Å². The van der Waals surface area contributed by atoms with Crippen molar-refractivity contribution in [1.82, 2.24) is 20.5 Å². The lowest BCUT2D eigenvalue weighted by Gasteiger charge is -2.34. The first-order valence-corrected chi connectivity index (χ1v) is 10.3. The number of hydrogen-bond donors (Lipinski definition) is 3. The Morgan fingerprint density at radius 2 is 1.87 bits per heavy atom. The Morgan fingerprint density at radius 3 is 2.60 bits per heavy atom. The van der Waals surface area contributed by atoms with Crippen LogP contribution >= 0.6 is 0 Å².